The molecule has 3 rings (SSSR count). The fraction of sp³-hybridized carbons (Fsp3) is 0.480. The molecule has 1 amide bonds. The molecule has 0 aliphatic carbocycles. The molecule has 6 nitrogen and oxygen atoms in total. The Labute approximate surface area is 210 Å². The highest BCUT2D eigenvalue weighted by Gasteiger charge is 2.32. The van der Waals surface area contributed by atoms with E-state index in [4.69, 9.17) is 5.73 Å². The Morgan fingerprint density at radius 1 is 1.22 bits per heavy atom. The highest BCUT2D eigenvalue weighted by molar-refractivity contribution is 7.80. The van der Waals surface area contributed by atoms with E-state index in [1.165, 1.54) is 31.3 Å². The lowest BCUT2D eigenvalue weighted by Crippen LogP contribution is -2.34. The van der Waals surface area contributed by atoms with E-state index in [9.17, 15) is 31.1 Å². The van der Waals surface area contributed by atoms with Crippen molar-refractivity contribution >= 4 is 28.5 Å². The van der Waals surface area contributed by atoms with E-state index in [0.717, 1.165) is 35.7 Å². The summed E-state index contributed by atoms with van der Waals surface area (Å²) in [6.07, 6.45) is -1.22. The molecule has 3 N–H and O–H groups in total. The summed E-state index contributed by atoms with van der Waals surface area (Å²) in [5, 5.41) is 0. The van der Waals surface area contributed by atoms with Crippen LogP contribution in [-0.4, -0.2) is 34.8 Å². The number of amides is 1. The second-order valence-corrected chi connectivity index (χ2v) is 10.1. The average molecular weight is 530 g/mol. The highest BCUT2D eigenvalue weighted by Crippen LogP contribution is 2.37. The lowest BCUT2D eigenvalue weighted by molar-refractivity contribution is -0.137. The van der Waals surface area contributed by atoms with Crippen molar-refractivity contribution in [2.45, 2.75) is 51.1 Å². The third-order valence-electron chi connectivity index (χ3n) is 6.94. The number of nitrogens with two attached hydrogens (primary N) is 1. The number of nitrogens with zero attached hydrogens (tertiary/aromatic N) is 2. The van der Waals surface area contributed by atoms with Crippen LogP contribution >= 0.6 is 0 Å². The van der Waals surface area contributed by atoms with Gasteiger partial charge in [-0.3, -0.25) is 13.7 Å². The predicted octanol–water partition coefficient (Wildman–Crippen LogP) is 5.25. The van der Waals surface area contributed by atoms with Crippen LogP contribution in [0.25, 0.3) is 0 Å². The van der Waals surface area contributed by atoms with Crippen molar-refractivity contribution in [3.8, 4) is 0 Å². The van der Waals surface area contributed by atoms with Gasteiger partial charge in [0.15, 0.2) is 0 Å². The molecule has 0 aromatic heterocycles. The minimum Gasteiger partial charge on any atom is -0.371 e. The number of alkyl halides is 3. The summed E-state index contributed by atoms with van der Waals surface area (Å²) < 4.78 is 76.2. The molecule has 1 aliphatic rings. The zero-order valence-corrected chi connectivity index (χ0v) is 21.0. The topological polar surface area (TPSA) is 86.9 Å². The SMILES string of the molecule is CCC1CCN(c2cc(C(F)(F)F)ccc2CCC(C(N)=O)c2ccc(N(C)S(=O)O)c(F)c2)CC1. The molecule has 11 heteroatoms. The first-order valence-corrected chi connectivity index (χ1v) is 12.9. The van der Waals surface area contributed by atoms with Crippen LogP contribution in [0, 0.1) is 11.7 Å². The Morgan fingerprint density at radius 2 is 1.89 bits per heavy atom. The zero-order valence-electron chi connectivity index (χ0n) is 20.2. The highest BCUT2D eigenvalue weighted by atomic mass is 32.2. The van der Waals surface area contributed by atoms with Crippen LogP contribution in [0.2, 0.25) is 0 Å². The molecule has 198 valence electrons. The van der Waals surface area contributed by atoms with Crippen molar-refractivity contribution < 1.29 is 31.1 Å². The quantitative estimate of drug-likeness (QED) is 0.343. The van der Waals surface area contributed by atoms with E-state index in [-0.39, 0.29) is 24.1 Å². The third-order valence-corrected chi connectivity index (χ3v) is 7.60. The number of primary amides is 1. The molecule has 2 atom stereocenters. The van der Waals surface area contributed by atoms with E-state index < -0.39 is 40.6 Å². The molecule has 0 bridgehead atoms. The molecular formula is C25H31F4N3O3S. The van der Waals surface area contributed by atoms with Gasteiger partial charge in [0.25, 0.3) is 11.3 Å². The second-order valence-electron chi connectivity index (χ2n) is 9.11. The standard InChI is InChI=1S/C25H31F4N3O3S/c1-3-16-10-12-32(13-11-16)23-15-19(25(27,28)29)7-4-17(23)5-8-20(24(30)33)18-6-9-22(21(26)14-18)31(2)36(34)35/h4,6-7,9,14-16,20H,3,5,8,10-13H2,1-2H3,(H2,30,33)(H,34,35). The summed E-state index contributed by atoms with van der Waals surface area (Å²) in [4.78, 5) is 14.2. The molecule has 36 heavy (non-hydrogen) atoms. The molecule has 1 heterocycles. The molecule has 2 aromatic carbocycles. The van der Waals surface area contributed by atoms with Crippen LogP contribution in [0.3, 0.4) is 0 Å². The van der Waals surface area contributed by atoms with Crippen molar-refractivity contribution in [1.29, 1.82) is 0 Å². The van der Waals surface area contributed by atoms with Gasteiger partial charge in [-0.05, 0) is 67.0 Å². The van der Waals surface area contributed by atoms with Gasteiger partial charge < -0.3 is 10.6 Å². The maximum atomic E-state index is 14.6. The zero-order chi connectivity index (χ0) is 26.6. The van der Waals surface area contributed by atoms with Gasteiger partial charge in [0.1, 0.15) is 5.82 Å². The summed E-state index contributed by atoms with van der Waals surface area (Å²) >= 11 is -2.43. The Bertz CT molecular complexity index is 1100. The van der Waals surface area contributed by atoms with E-state index in [1.807, 2.05) is 4.90 Å². The van der Waals surface area contributed by atoms with Gasteiger partial charge in [-0.2, -0.15) is 13.2 Å². The lowest BCUT2D eigenvalue weighted by atomic mass is 9.89. The molecular weight excluding hydrogens is 498 g/mol. The normalized spacial score (nSPS) is 16.6. The summed E-state index contributed by atoms with van der Waals surface area (Å²) in [6.45, 7) is 3.41. The molecule has 2 aromatic rings. The number of halogens is 4. The van der Waals surface area contributed by atoms with Crippen LogP contribution in [0.15, 0.2) is 36.4 Å². The Hall–Kier alpha value is -2.66. The van der Waals surface area contributed by atoms with Crippen molar-refractivity contribution in [2.75, 3.05) is 29.3 Å². The van der Waals surface area contributed by atoms with Crippen LogP contribution in [0.1, 0.15) is 55.2 Å². The Kier molecular flexibility index (Phi) is 8.99. The monoisotopic (exact) mass is 529 g/mol. The molecule has 1 saturated heterocycles. The molecule has 1 fully saturated rings. The van der Waals surface area contributed by atoms with Gasteiger partial charge in [0.2, 0.25) is 5.91 Å². The van der Waals surface area contributed by atoms with Crippen molar-refractivity contribution in [3.05, 3.63) is 58.9 Å². The van der Waals surface area contributed by atoms with Gasteiger partial charge in [0, 0.05) is 25.8 Å². The molecule has 0 spiro atoms. The minimum atomic E-state index is -4.48. The first kappa shape index (κ1) is 27.9. The van der Waals surface area contributed by atoms with Gasteiger partial charge >= 0.3 is 6.18 Å². The molecule has 0 saturated carbocycles. The number of rotatable bonds is 9. The first-order valence-electron chi connectivity index (χ1n) is 11.8. The van der Waals surface area contributed by atoms with Gasteiger partial charge in [0.05, 0.1) is 17.2 Å². The van der Waals surface area contributed by atoms with Crippen LogP contribution in [-0.2, 0) is 28.7 Å². The van der Waals surface area contributed by atoms with Gasteiger partial charge in [-0.1, -0.05) is 25.5 Å². The van der Waals surface area contributed by atoms with Crippen molar-refractivity contribution in [3.63, 3.8) is 0 Å². The number of piperidine rings is 1. The number of anilines is 2. The fourth-order valence-electron chi connectivity index (χ4n) is 4.68. The fourth-order valence-corrected chi connectivity index (χ4v) is 5.00. The summed E-state index contributed by atoms with van der Waals surface area (Å²) in [5.41, 5.74) is 6.20. The van der Waals surface area contributed by atoms with E-state index in [2.05, 4.69) is 6.92 Å². The number of hydrogen-bond acceptors (Lipinski definition) is 3. The van der Waals surface area contributed by atoms with Gasteiger partial charge in [-0.15, -0.1) is 0 Å². The molecule has 0 radical (unpaired) electrons. The molecule has 1 aliphatic heterocycles. The van der Waals surface area contributed by atoms with Gasteiger partial charge in [-0.25, -0.2) is 8.60 Å². The number of benzene rings is 2. The van der Waals surface area contributed by atoms with E-state index in [0.29, 0.717) is 30.3 Å². The number of carbonyl (C=O) groups excluding carboxylic acids is 1. The smallest absolute Gasteiger partial charge is 0.371 e. The Balaban J connectivity index is 1.87. The third kappa shape index (κ3) is 6.56. The summed E-state index contributed by atoms with van der Waals surface area (Å²) in [6, 6.07) is 7.49. The van der Waals surface area contributed by atoms with E-state index >= 15 is 0 Å². The van der Waals surface area contributed by atoms with Crippen molar-refractivity contribution in [2.24, 2.45) is 11.7 Å². The minimum absolute atomic E-state index is 0.122. The second kappa shape index (κ2) is 11.6. The van der Waals surface area contributed by atoms with Crippen LogP contribution in [0.4, 0.5) is 28.9 Å². The average Bonchev–Trinajstić information content (AvgIpc) is 2.83. The maximum Gasteiger partial charge on any atom is 0.416 e. The van der Waals surface area contributed by atoms with E-state index in [1.54, 1.807) is 0 Å². The molecule has 2 unspecified atom stereocenters. The number of carbonyl (C=O) groups is 1. The van der Waals surface area contributed by atoms with Crippen molar-refractivity contribution in [1.82, 2.24) is 0 Å². The summed E-state index contributed by atoms with van der Waals surface area (Å²) in [7, 11) is 1.25. The van der Waals surface area contributed by atoms with Crippen LogP contribution < -0.4 is 14.9 Å². The Morgan fingerprint density at radius 3 is 2.42 bits per heavy atom. The number of aryl methyl sites for hydroxylation is 1. The number of hydrogen-bond donors (Lipinski definition) is 2. The first-order chi connectivity index (χ1) is 16.9. The maximum absolute atomic E-state index is 14.6. The summed E-state index contributed by atoms with van der Waals surface area (Å²) in [5.74, 6) is -1.83. The predicted molar refractivity (Wildman–Crippen MR) is 133 cm³/mol. The van der Waals surface area contributed by atoms with Crippen LogP contribution in [0.5, 0.6) is 0 Å². The largest absolute Gasteiger partial charge is 0.416 e. The lowest BCUT2D eigenvalue weighted by Gasteiger charge is -2.35.